The lowest BCUT2D eigenvalue weighted by molar-refractivity contribution is 0.0614. The minimum absolute atomic E-state index is 0.0858. The molecule has 0 bridgehead atoms. The van der Waals surface area contributed by atoms with E-state index in [9.17, 15) is 9.59 Å². The van der Waals surface area contributed by atoms with Crippen LogP contribution in [0.5, 0.6) is 0 Å². The maximum absolute atomic E-state index is 13.1. The van der Waals surface area contributed by atoms with E-state index in [1.54, 1.807) is 12.1 Å². The van der Waals surface area contributed by atoms with Crippen molar-refractivity contribution in [2.45, 2.75) is 44.6 Å². The highest BCUT2D eigenvalue weighted by molar-refractivity contribution is 6.35. The van der Waals surface area contributed by atoms with Crippen LogP contribution in [-0.2, 0) is 5.54 Å². The zero-order valence-electron chi connectivity index (χ0n) is 17.2. The van der Waals surface area contributed by atoms with E-state index in [0.29, 0.717) is 35.1 Å². The molecular formula is C22H27ClN4O3. The van der Waals surface area contributed by atoms with Crippen molar-refractivity contribution in [3.8, 4) is 0 Å². The molecule has 2 N–H and O–H groups in total. The lowest BCUT2D eigenvalue weighted by Crippen LogP contribution is -2.52. The quantitative estimate of drug-likeness (QED) is 0.749. The van der Waals surface area contributed by atoms with Crippen molar-refractivity contribution < 1.29 is 14.0 Å². The van der Waals surface area contributed by atoms with Crippen LogP contribution in [-0.4, -0.2) is 54.5 Å². The fourth-order valence-corrected chi connectivity index (χ4v) is 5.47. The number of hydrogen-bond donors (Lipinski definition) is 2. The second-order valence-electron chi connectivity index (χ2n) is 8.59. The van der Waals surface area contributed by atoms with Gasteiger partial charge < -0.3 is 24.9 Å². The Hall–Kier alpha value is -2.25. The first-order valence-corrected chi connectivity index (χ1v) is 11.3. The topological polar surface area (TPSA) is 77.8 Å². The van der Waals surface area contributed by atoms with Crippen LogP contribution in [0.1, 0.15) is 55.1 Å². The van der Waals surface area contributed by atoms with Gasteiger partial charge in [0.2, 0.25) is 0 Å². The fourth-order valence-electron chi connectivity index (χ4n) is 5.21. The molecule has 8 heteroatoms. The van der Waals surface area contributed by atoms with E-state index in [1.807, 2.05) is 4.90 Å². The molecule has 3 amide bonds. The third kappa shape index (κ3) is 3.15. The lowest BCUT2D eigenvalue weighted by Gasteiger charge is -2.42. The molecule has 30 heavy (non-hydrogen) atoms. The van der Waals surface area contributed by atoms with Crippen molar-refractivity contribution in [3.63, 3.8) is 0 Å². The van der Waals surface area contributed by atoms with Crippen molar-refractivity contribution >= 4 is 40.2 Å². The summed E-state index contributed by atoms with van der Waals surface area (Å²) in [7, 11) is 0. The molecule has 7 nitrogen and oxygen atoms in total. The van der Waals surface area contributed by atoms with Crippen LogP contribution in [0.15, 0.2) is 16.5 Å². The van der Waals surface area contributed by atoms with E-state index in [2.05, 4.69) is 22.5 Å². The first kappa shape index (κ1) is 19.7. The van der Waals surface area contributed by atoms with Gasteiger partial charge in [-0.2, -0.15) is 0 Å². The Morgan fingerprint density at radius 1 is 1.17 bits per heavy atom. The highest BCUT2D eigenvalue weighted by Gasteiger charge is 2.44. The molecule has 3 heterocycles. The maximum Gasteiger partial charge on any atom is 0.319 e. The largest absolute Gasteiger partial charge is 0.450 e. The van der Waals surface area contributed by atoms with E-state index in [4.69, 9.17) is 16.0 Å². The van der Waals surface area contributed by atoms with Gasteiger partial charge in [-0.1, -0.05) is 37.8 Å². The summed E-state index contributed by atoms with van der Waals surface area (Å²) in [5, 5.41) is 7.30. The molecule has 5 rings (SSSR count). The number of nitrogens with zero attached hydrogens (tertiary/aromatic N) is 2. The highest BCUT2D eigenvalue weighted by atomic mass is 35.5. The number of hydrogen-bond acceptors (Lipinski definition) is 4. The van der Waals surface area contributed by atoms with Crippen molar-refractivity contribution in [2.24, 2.45) is 0 Å². The van der Waals surface area contributed by atoms with Gasteiger partial charge in [-0.3, -0.25) is 4.79 Å². The minimum atomic E-state index is -0.496. The van der Waals surface area contributed by atoms with Crippen LogP contribution in [0.2, 0.25) is 5.02 Å². The van der Waals surface area contributed by atoms with E-state index < -0.39 is 5.54 Å². The molecule has 2 aromatic rings. The molecule has 0 radical (unpaired) electrons. The van der Waals surface area contributed by atoms with Gasteiger partial charge in [-0.25, -0.2) is 4.79 Å². The number of benzene rings is 1. The summed E-state index contributed by atoms with van der Waals surface area (Å²) in [5.41, 5.74) is 1.66. The van der Waals surface area contributed by atoms with Crippen LogP contribution in [0.4, 0.5) is 10.5 Å². The Kier molecular flexibility index (Phi) is 4.90. The number of piperazine rings is 1. The highest BCUT2D eigenvalue weighted by Crippen LogP contribution is 2.49. The van der Waals surface area contributed by atoms with Crippen LogP contribution in [0.25, 0.3) is 11.0 Å². The molecule has 3 aliphatic rings. The Morgan fingerprint density at radius 3 is 2.60 bits per heavy atom. The second kappa shape index (κ2) is 7.46. The van der Waals surface area contributed by atoms with Crippen LogP contribution >= 0.6 is 11.6 Å². The molecule has 1 aromatic carbocycles. The molecule has 0 unspecified atom stereocenters. The molecule has 160 valence electrons. The number of carbonyl (C=O) groups excluding carboxylic acids is 2. The second-order valence-corrected chi connectivity index (χ2v) is 8.99. The predicted octanol–water partition coefficient (Wildman–Crippen LogP) is 4.16. The zero-order valence-corrected chi connectivity index (χ0v) is 18.0. The molecule has 1 saturated heterocycles. The van der Waals surface area contributed by atoms with Crippen LogP contribution < -0.4 is 10.6 Å². The van der Waals surface area contributed by atoms with Crippen LogP contribution in [0, 0.1) is 0 Å². The Balaban J connectivity index is 1.56. The van der Waals surface area contributed by atoms with Crippen molar-refractivity contribution in [1.82, 2.24) is 15.1 Å². The molecule has 1 aromatic heterocycles. The lowest BCUT2D eigenvalue weighted by atomic mass is 9.74. The molecule has 0 atom stereocenters. The van der Waals surface area contributed by atoms with Gasteiger partial charge in [0.15, 0.2) is 5.76 Å². The summed E-state index contributed by atoms with van der Waals surface area (Å²) >= 11 is 6.57. The first-order chi connectivity index (χ1) is 14.5. The average Bonchev–Trinajstić information content (AvgIpc) is 3.17. The third-order valence-electron chi connectivity index (χ3n) is 6.85. The summed E-state index contributed by atoms with van der Waals surface area (Å²) in [6, 6.07) is 3.35. The average molecular weight is 431 g/mol. The number of nitrogens with one attached hydrogen (secondary N) is 2. The Labute approximate surface area is 180 Å². The summed E-state index contributed by atoms with van der Waals surface area (Å²) in [6.45, 7) is 6.29. The Morgan fingerprint density at radius 2 is 1.90 bits per heavy atom. The van der Waals surface area contributed by atoms with Gasteiger partial charge in [0.05, 0.1) is 16.2 Å². The third-order valence-corrected chi connectivity index (χ3v) is 7.15. The number of amides is 3. The number of urea groups is 1. The van der Waals surface area contributed by atoms with Crippen molar-refractivity contribution in [2.75, 3.05) is 38.0 Å². The van der Waals surface area contributed by atoms with Gasteiger partial charge in [-0.15, -0.1) is 0 Å². The fraction of sp³-hybridized carbons (Fsp3) is 0.545. The molecule has 2 aliphatic heterocycles. The van der Waals surface area contributed by atoms with Gasteiger partial charge in [0, 0.05) is 37.1 Å². The number of fused-ring (bicyclic) bond motifs is 4. The summed E-state index contributed by atoms with van der Waals surface area (Å²) in [5.74, 6) is 0.250. The molecule has 2 fully saturated rings. The summed E-state index contributed by atoms with van der Waals surface area (Å²) in [6.07, 6.45) is 4.89. The minimum Gasteiger partial charge on any atom is -0.450 e. The van der Waals surface area contributed by atoms with E-state index >= 15 is 0 Å². The van der Waals surface area contributed by atoms with Gasteiger partial charge in [0.25, 0.3) is 5.91 Å². The molecule has 1 spiro atoms. The van der Waals surface area contributed by atoms with Gasteiger partial charge in [0.1, 0.15) is 5.58 Å². The zero-order chi connectivity index (χ0) is 20.9. The molecule has 1 aliphatic carbocycles. The number of halogens is 1. The molecule has 1 saturated carbocycles. The van der Waals surface area contributed by atoms with Gasteiger partial charge in [-0.05, 0) is 31.5 Å². The SMILES string of the molecule is CCN1CCN(C(=O)c2cc3cc(Cl)c4c(c3o2)C2(CCCCC2)NC(=O)N4)CC1. The number of rotatable bonds is 2. The standard InChI is InChI=1S/C22H27ClN4O3/c1-2-26-8-10-27(11-9-26)20(28)16-13-14-12-15(23)18-17(19(14)30-16)22(25-21(29)24-18)6-4-3-5-7-22/h12-13H,2-11H2,1H3,(H2,24,25,29). The predicted molar refractivity (Wildman–Crippen MR) is 116 cm³/mol. The van der Waals surface area contributed by atoms with E-state index in [0.717, 1.165) is 62.7 Å². The molecular weight excluding hydrogens is 404 g/mol. The van der Waals surface area contributed by atoms with Gasteiger partial charge >= 0.3 is 6.03 Å². The summed E-state index contributed by atoms with van der Waals surface area (Å²) < 4.78 is 6.20. The number of likely N-dealkylation sites (N-methyl/N-ethyl adjacent to an activating group) is 1. The van der Waals surface area contributed by atoms with E-state index in [-0.39, 0.29) is 11.9 Å². The maximum atomic E-state index is 13.1. The van der Waals surface area contributed by atoms with Crippen LogP contribution in [0.3, 0.4) is 0 Å². The smallest absolute Gasteiger partial charge is 0.319 e. The van der Waals surface area contributed by atoms with E-state index in [1.165, 1.54) is 0 Å². The monoisotopic (exact) mass is 430 g/mol. The first-order valence-electron chi connectivity index (χ1n) is 10.9. The number of furan rings is 1. The van der Waals surface area contributed by atoms with Crippen molar-refractivity contribution in [3.05, 3.63) is 28.5 Å². The normalized spacial score (nSPS) is 21.4. The number of anilines is 1. The summed E-state index contributed by atoms with van der Waals surface area (Å²) in [4.78, 5) is 29.7. The number of carbonyl (C=O) groups is 2. The van der Waals surface area contributed by atoms with Crippen molar-refractivity contribution in [1.29, 1.82) is 0 Å². The Bertz CT molecular complexity index is 1000.